The van der Waals surface area contributed by atoms with Gasteiger partial charge in [0.05, 0.1) is 58.8 Å². The number of fused-ring (bicyclic) bond motifs is 4. The number of carboxylic acids is 1. The van der Waals surface area contributed by atoms with E-state index in [2.05, 4.69) is 11.8 Å². The molecule has 0 aliphatic carbocycles. The Hall–Kier alpha value is -6.35. The number of sulfone groups is 2. The Balaban J connectivity index is 1.37. The van der Waals surface area contributed by atoms with Crippen LogP contribution in [-0.4, -0.2) is 51.5 Å². The van der Waals surface area contributed by atoms with Crippen molar-refractivity contribution in [2.24, 2.45) is 0 Å². The minimum atomic E-state index is -4.77. The van der Waals surface area contributed by atoms with Crippen LogP contribution in [0.1, 0.15) is 62.9 Å². The van der Waals surface area contributed by atoms with E-state index < -0.39 is 80.0 Å². The van der Waals surface area contributed by atoms with Gasteiger partial charge in [-0.25, -0.2) is 31.4 Å². The maximum Gasteiger partial charge on any atom is 0.335 e. The van der Waals surface area contributed by atoms with Crippen molar-refractivity contribution in [1.29, 1.82) is 0 Å². The van der Waals surface area contributed by atoms with Crippen LogP contribution in [0.3, 0.4) is 0 Å². The average molecular weight is 663 g/mol. The maximum atomic E-state index is 14.0. The van der Waals surface area contributed by atoms with Crippen LogP contribution in [0, 0.1) is 24.7 Å². The molecule has 4 aromatic carbocycles. The van der Waals surface area contributed by atoms with Crippen molar-refractivity contribution in [2.45, 2.75) is 19.6 Å². The monoisotopic (exact) mass is 662 g/mol. The first kappa shape index (κ1) is 29.4. The van der Waals surface area contributed by atoms with E-state index in [0.29, 0.717) is 10.5 Å². The molecular formula is C33H14N2O10S2. The standard InChI is InChI=1S/C33H14N2O10S2/c1-3-16-6-5-7-19(9-16)34-29(36)21-12-25-26(13-22(21)30(34)37)47(44,45)28-15-24-23(14-27(28)46(25,42)43)31(38)35(32(24)39)20-10-17(4-2)8-18(11-20)33(40)41/h1-2,5-15H,(H,40,41). The summed E-state index contributed by atoms with van der Waals surface area (Å²) in [6.45, 7) is 0. The number of amides is 4. The Bertz CT molecular complexity index is 2480. The lowest BCUT2D eigenvalue weighted by molar-refractivity contribution is 0.0695. The molecule has 0 spiro atoms. The van der Waals surface area contributed by atoms with Crippen molar-refractivity contribution in [3.8, 4) is 24.7 Å². The summed E-state index contributed by atoms with van der Waals surface area (Å²) in [5.74, 6) is -0.752. The van der Waals surface area contributed by atoms with Gasteiger partial charge >= 0.3 is 5.97 Å². The molecule has 0 atom stereocenters. The third kappa shape index (κ3) is 3.93. The summed E-state index contributed by atoms with van der Waals surface area (Å²) < 4.78 is 55.8. The zero-order valence-electron chi connectivity index (χ0n) is 23.3. The second-order valence-electron chi connectivity index (χ2n) is 10.5. The summed E-state index contributed by atoms with van der Waals surface area (Å²) >= 11 is 0. The molecule has 0 fully saturated rings. The van der Waals surface area contributed by atoms with Gasteiger partial charge in [-0.2, -0.15) is 0 Å². The lowest BCUT2D eigenvalue weighted by Gasteiger charge is -2.21. The molecule has 14 heteroatoms. The van der Waals surface area contributed by atoms with Crippen LogP contribution in [0.5, 0.6) is 0 Å². The van der Waals surface area contributed by atoms with Crippen LogP contribution < -0.4 is 9.80 Å². The minimum Gasteiger partial charge on any atom is -0.478 e. The molecule has 0 radical (unpaired) electrons. The predicted octanol–water partition coefficient (Wildman–Crippen LogP) is 2.93. The van der Waals surface area contributed by atoms with Gasteiger partial charge in [0, 0.05) is 11.1 Å². The molecule has 0 unspecified atom stereocenters. The number of rotatable bonds is 3. The second kappa shape index (κ2) is 9.58. The van der Waals surface area contributed by atoms with Crippen LogP contribution in [0.15, 0.2) is 86.3 Å². The molecule has 3 heterocycles. The zero-order valence-corrected chi connectivity index (χ0v) is 25.0. The number of benzene rings is 4. The van der Waals surface area contributed by atoms with E-state index in [4.69, 9.17) is 12.8 Å². The van der Waals surface area contributed by atoms with Gasteiger partial charge in [-0.05, 0) is 60.7 Å². The number of carbonyl (C=O) groups is 5. The Morgan fingerprint density at radius 1 is 0.574 bits per heavy atom. The minimum absolute atomic E-state index is 0.0239. The van der Waals surface area contributed by atoms with Crippen molar-refractivity contribution < 1.29 is 45.9 Å². The van der Waals surface area contributed by atoms with E-state index in [-0.39, 0.29) is 33.6 Å². The van der Waals surface area contributed by atoms with Gasteiger partial charge in [0.1, 0.15) is 0 Å². The first-order valence-corrected chi connectivity index (χ1v) is 16.2. The Morgan fingerprint density at radius 2 is 0.979 bits per heavy atom. The zero-order chi connectivity index (χ0) is 33.7. The molecule has 47 heavy (non-hydrogen) atoms. The molecule has 4 amide bonds. The molecule has 1 N–H and O–H groups in total. The number of hydrogen-bond donors (Lipinski definition) is 1. The van der Waals surface area contributed by atoms with E-state index >= 15 is 0 Å². The van der Waals surface area contributed by atoms with Crippen LogP contribution in [0.2, 0.25) is 0 Å². The molecule has 0 aromatic heterocycles. The number of carboxylic acid groups (broad SMARTS) is 1. The lowest BCUT2D eigenvalue weighted by atomic mass is 10.1. The Labute approximate surface area is 265 Å². The lowest BCUT2D eigenvalue weighted by Crippen LogP contribution is -2.29. The Morgan fingerprint density at radius 3 is 1.38 bits per heavy atom. The molecule has 0 bridgehead atoms. The second-order valence-corrected chi connectivity index (χ2v) is 14.3. The van der Waals surface area contributed by atoms with Gasteiger partial charge in [-0.15, -0.1) is 12.8 Å². The summed E-state index contributed by atoms with van der Waals surface area (Å²) in [5.41, 5.74) is -1.80. The van der Waals surface area contributed by atoms with Gasteiger partial charge < -0.3 is 5.11 Å². The fraction of sp³-hybridized carbons (Fsp3) is 0. The molecule has 12 nitrogen and oxygen atoms in total. The number of hydrogen-bond acceptors (Lipinski definition) is 9. The molecule has 3 aliphatic rings. The molecular weight excluding hydrogens is 649 g/mol. The van der Waals surface area contributed by atoms with Gasteiger partial charge in [0.2, 0.25) is 19.7 Å². The third-order valence-electron chi connectivity index (χ3n) is 7.92. The summed E-state index contributed by atoms with van der Waals surface area (Å²) in [6, 6.07) is 12.3. The molecule has 7 rings (SSSR count). The van der Waals surface area contributed by atoms with Gasteiger partial charge in [0.25, 0.3) is 23.6 Å². The smallest absolute Gasteiger partial charge is 0.335 e. The number of aromatic carboxylic acids is 1. The van der Waals surface area contributed by atoms with E-state index in [0.717, 1.165) is 41.3 Å². The van der Waals surface area contributed by atoms with E-state index in [9.17, 15) is 45.9 Å². The van der Waals surface area contributed by atoms with Crippen molar-refractivity contribution in [1.82, 2.24) is 0 Å². The number of imide groups is 2. The largest absolute Gasteiger partial charge is 0.478 e. The van der Waals surface area contributed by atoms with E-state index in [1.54, 1.807) is 6.07 Å². The molecule has 0 saturated carbocycles. The summed E-state index contributed by atoms with van der Waals surface area (Å²) in [6.07, 6.45) is 10.8. The first-order chi connectivity index (χ1) is 22.2. The molecule has 3 aliphatic heterocycles. The fourth-order valence-corrected chi connectivity index (χ4v) is 9.90. The van der Waals surface area contributed by atoms with Gasteiger partial charge in [-0.1, -0.05) is 17.9 Å². The Kier molecular flexibility index (Phi) is 5.98. The van der Waals surface area contributed by atoms with Crippen molar-refractivity contribution in [3.63, 3.8) is 0 Å². The number of terminal acetylenes is 2. The fourth-order valence-electron chi connectivity index (χ4n) is 5.72. The van der Waals surface area contributed by atoms with Crippen molar-refractivity contribution >= 4 is 60.6 Å². The first-order valence-electron chi connectivity index (χ1n) is 13.3. The van der Waals surface area contributed by atoms with Crippen LogP contribution in [0.25, 0.3) is 0 Å². The molecule has 0 saturated heterocycles. The quantitative estimate of drug-likeness (QED) is 0.223. The number of carbonyl (C=O) groups excluding carboxylic acids is 4. The summed E-state index contributed by atoms with van der Waals surface area (Å²) in [4.78, 5) is 63.5. The normalized spacial score (nSPS) is 16.6. The maximum absolute atomic E-state index is 14.0. The highest BCUT2D eigenvalue weighted by Gasteiger charge is 2.47. The average Bonchev–Trinajstić information content (AvgIpc) is 3.45. The summed E-state index contributed by atoms with van der Waals surface area (Å²) in [7, 11) is -9.55. The number of nitrogens with zero attached hydrogens (tertiary/aromatic N) is 2. The SMILES string of the molecule is C#Cc1cccc(N2C(=O)c3cc4c(cc3C2=O)S(=O)(=O)c2cc3c(cc2S4(=O)=O)C(=O)N(c2cc(C#C)cc(C(=O)O)c2)C3=O)c1. The third-order valence-corrected chi connectivity index (χ3v) is 11.8. The van der Waals surface area contributed by atoms with Crippen molar-refractivity contribution in [2.75, 3.05) is 9.80 Å². The van der Waals surface area contributed by atoms with Gasteiger partial charge in [0.15, 0.2) is 0 Å². The predicted molar refractivity (Wildman–Crippen MR) is 162 cm³/mol. The summed E-state index contributed by atoms with van der Waals surface area (Å²) in [5, 5.41) is 9.47. The number of anilines is 2. The van der Waals surface area contributed by atoms with E-state index in [1.165, 1.54) is 24.3 Å². The van der Waals surface area contributed by atoms with Crippen LogP contribution in [0.4, 0.5) is 11.4 Å². The van der Waals surface area contributed by atoms with Crippen LogP contribution >= 0.6 is 0 Å². The van der Waals surface area contributed by atoms with Crippen LogP contribution in [-0.2, 0) is 19.7 Å². The highest BCUT2D eigenvalue weighted by molar-refractivity contribution is 7.97. The topological polar surface area (TPSA) is 180 Å². The van der Waals surface area contributed by atoms with E-state index in [1.807, 2.05) is 0 Å². The molecule has 228 valence electrons. The highest BCUT2D eigenvalue weighted by atomic mass is 32.2. The molecule has 4 aromatic rings. The van der Waals surface area contributed by atoms with Gasteiger partial charge in [-0.3, -0.25) is 19.2 Å². The highest BCUT2D eigenvalue weighted by Crippen LogP contribution is 2.45. The van der Waals surface area contributed by atoms with Crippen molar-refractivity contribution in [3.05, 3.63) is 106 Å².